The minimum Gasteiger partial charge on any atom is -0.439 e. The van der Waals surface area contributed by atoms with Crippen molar-refractivity contribution in [1.29, 1.82) is 0 Å². The summed E-state index contributed by atoms with van der Waals surface area (Å²) in [6.07, 6.45) is 0.0566. The van der Waals surface area contributed by atoms with Crippen LogP contribution < -0.4 is 5.73 Å². The van der Waals surface area contributed by atoms with Crippen molar-refractivity contribution in [2.45, 2.75) is 26.1 Å². The molecule has 0 aliphatic carbocycles. The fourth-order valence-corrected chi connectivity index (χ4v) is 1.57. The summed E-state index contributed by atoms with van der Waals surface area (Å²) in [5.74, 6) is 0. The van der Waals surface area contributed by atoms with Crippen LogP contribution in [0.3, 0.4) is 0 Å². The largest absolute Gasteiger partial charge is 0.439 e. The topological polar surface area (TPSA) is 72.5 Å². The first kappa shape index (κ1) is 16.0. The highest BCUT2D eigenvalue weighted by atomic mass is 35.5. The molecule has 0 aromatic heterocycles. The number of amides is 1. The Balaban J connectivity index is 5.24. The number of carbonyl (C=O) groups excluding carboxylic acids is 1. The molecule has 0 bridgehead atoms. The maximum Gasteiger partial charge on any atom is 0.405 e. The van der Waals surface area contributed by atoms with Crippen LogP contribution in [-0.4, -0.2) is 23.4 Å². The molecule has 0 saturated carbocycles. The fourth-order valence-electron chi connectivity index (χ4n) is 1.16. The number of aliphatic hydroxyl groups is 1. The number of allylic oxidation sites excluding steroid dienone is 4. The second kappa shape index (κ2) is 7.37. The summed E-state index contributed by atoms with van der Waals surface area (Å²) in [5.41, 5.74) is 5.31. The number of aliphatic hydroxyl groups excluding tert-OH is 1. The van der Waals surface area contributed by atoms with Crippen LogP contribution in [-0.2, 0) is 4.74 Å². The van der Waals surface area contributed by atoms with Gasteiger partial charge in [0.25, 0.3) is 0 Å². The van der Waals surface area contributed by atoms with Crippen molar-refractivity contribution in [3.63, 3.8) is 0 Å². The van der Waals surface area contributed by atoms with Gasteiger partial charge in [-0.05, 0) is 25.5 Å². The van der Waals surface area contributed by atoms with Gasteiger partial charge in [-0.3, -0.25) is 0 Å². The van der Waals surface area contributed by atoms with Gasteiger partial charge in [-0.1, -0.05) is 35.9 Å². The van der Waals surface area contributed by atoms with Crippen molar-refractivity contribution in [2.24, 2.45) is 5.73 Å². The predicted molar refractivity (Wildman–Crippen MR) is 68.8 cm³/mol. The van der Waals surface area contributed by atoms with Crippen LogP contribution in [0.1, 0.15) is 13.8 Å². The summed E-state index contributed by atoms with van der Waals surface area (Å²) >= 11 is 11.8. The molecule has 0 aliphatic heterocycles. The van der Waals surface area contributed by atoms with Crippen LogP contribution in [0.2, 0.25) is 0 Å². The highest BCUT2D eigenvalue weighted by Crippen LogP contribution is 2.26. The number of nitrogens with two attached hydrogens (primary N) is 1. The van der Waals surface area contributed by atoms with Crippen molar-refractivity contribution >= 4 is 29.3 Å². The Morgan fingerprint density at radius 2 is 2.06 bits per heavy atom. The zero-order valence-corrected chi connectivity index (χ0v) is 11.1. The second-order valence-electron chi connectivity index (χ2n) is 3.35. The van der Waals surface area contributed by atoms with E-state index in [1.54, 1.807) is 6.92 Å². The van der Waals surface area contributed by atoms with Crippen LogP contribution in [0.4, 0.5) is 4.79 Å². The molecule has 4 nitrogen and oxygen atoms in total. The number of rotatable bonds is 5. The first-order valence-corrected chi connectivity index (χ1v) is 5.55. The minimum absolute atomic E-state index is 0.179. The van der Waals surface area contributed by atoms with Gasteiger partial charge in [-0.25, -0.2) is 4.79 Å². The number of ether oxygens (including phenoxy) is 1. The maximum absolute atomic E-state index is 10.7. The molecule has 96 valence electrons. The van der Waals surface area contributed by atoms with Crippen LogP contribution in [0.5, 0.6) is 0 Å². The van der Waals surface area contributed by atoms with E-state index < -0.39 is 18.3 Å². The second-order valence-corrected chi connectivity index (χ2v) is 4.13. The summed E-state index contributed by atoms with van der Waals surface area (Å²) in [4.78, 5) is 10.7. The lowest BCUT2D eigenvalue weighted by molar-refractivity contribution is 0.0359. The monoisotopic (exact) mass is 279 g/mol. The van der Waals surface area contributed by atoms with Crippen LogP contribution >= 0.6 is 23.2 Å². The van der Waals surface area contributed by atoms with Crippen molar-refractivity contribution in [3.8, 4) is 0 Å². The van der Waals surface area contributed by atoms with Crippen LogP contribution in [0.25, 0.3) is 0 Å². The van der Waals surface area contributed by atoms with E-state index in [4.69, 9.17) is 33.7 Å². The number of primary amides is 1. The Kier molecular flexibility index (Phi) is 6.95. The van der Waals surface area contributed by atoms with Gasteiger partial charge in [-0.15, -0.1) is 0 Å². The molecule has 0 rings (SSSR count). The molecule has 2 atom stereocenters. The molecule has 1 amide bonds. The molecular formula is C11H15Cl2NO3. The summed E-state index contributed by atoms with van der Waals surface area (Å²) < 4.78 is 4.76. The summed E-state index contributed by atoms with van der Waals surface area (Å²) in [7, 11) is 0. The zero-order valence-electron chi connectivity index (χ0n) is 9.61. The molecule has 0 fully saturated rings. The van der Waals surface area contributed by atoms with E-state index in [0.29, 0.717) is 5.57 Å². The Hall–Kier alpha value is -0.970. The van der Waals surface area contributed by atoms with Gasteiger partial charge >= 0.3 is 6.09 Å². The minimum atomic E-state index is -0.997. The molecule has 17 heavy (non-hydrogen) atoms. The molecule has 3 N–H and O–H groups in total. The number of hydrogen-bond acceptors (Lipinski definition) is 3. The lowest BCUT2D eigenvalue weighted by atomic mass is 10.1. The molecule has 0 aromatic rings. The molecule has 2 unspecified atom stereocenters. The third-order valence-corrected chi connectivity index (χ3v) is 2.84. The lowest BCUT2D eigenvalue weighted by Crippen LogP contribution is -2.32. The Bertz CT molecular complexity index is 362. The van der Waals surface area contributed by atoms with Crippen molar-refractivity contribution < 1.29 is 14.6 Å². The first-order valence-electron chi connectivity index (χ1n) is 4.80. The standard InChI is InChI=1S/C11H15Cl2NO3/c1-4-5-8(12)9(13)6(2)10(7(3)15)17-11(14)16/h4-5,7,10,15H,1H2,2-3H3,(H2,14,16). The fraction of sp³-hybridized carbons (Fsp3) is 0.364. The molecule has 0 spiro atoms. The van der Waals surface area contributed by atoms with Crippen LogP contribution in [0.15, 0.2) is 34.4 Å². The Morgan fingerprint density at radius 1 is 1.53 bits per heavy atom. The third-order valence-electron chi connectivity index (χ3n) is 1.93. The number of hydrogen-bond donors (Lipinski definition) is 2. The van der Waals surface area contributed by atoms with Gasteiger partial charge in [0.15, 0.2) is 6.10 Å². The van der Waals surface area contributed by atoms with Crippen molar-refractivity contribution in [2.75, 3.05) is 0 Å². The SMILES string of the molecule is C=CC=C(Cl)C(Cl)=C(C)C(OC(N)=O)C(C)O. The summed E-state index contributed by atoms with van der Waals surface area (Å²) in [6, 6.07) is 0. The summed E-state index contributed by atoms with van der Waals surface area (Å²) in [5, 5.41) is 9.90. The Morgan fingerprint density at radius 3 is 2.41 bits per heavy atom. The summed E-state index contributed by atoms with van der Waals surface area (Å²) in [6.45, 7) is 6.51. The average Bonchev–Trinajstić information content (AvgIpc) is 2.23. The van der Waals surface area contributed by atoms with E-state index in [2.05, 4.69) is 6.58 Å². The van der Waals surface area contributed by atoms with E-state index in [-0.39, 0.29) is 10.1 Å². The van der Waals surface area contributed by atoms with Crippen molar-refractivity contribution in [3.05, 3.63) is 34.4 Å². The smallest absolute Gasteiger partial charge is 0.405 e. The van der Waals surface area contributed by atoms with Gasteiger partial charge in [0, 0.05) is 0 Å². The van der Waals surface area contributed by atoms with Gasteiger partial charge in [0.05, 0.1) is 16.2 Å². The number of halogens is 2. The molecule has 0 heterocycles. The molecule has 0 aromatic carbocycles. The van der Waals surface area contributed by atoms with E-state index in [1.807, 2.05) is 0 Å². The predicted octanol–water partition coefficient (Wildman–Crippen LogP) is 2.65. The van der Waals surface area contributed by atoms with Crippen LogP contribution in [0, 0.1) is 0 Å². The molecular weight excluding hydrogens is 265 g/mol. The lowest BCUT2D eigenvalue weighted by Gasteiger charge is -2.21. The highest BCUT2D eigenvalue weighted by Gasteiger charge is 2.23. The molecule has 6 heteroatoms. The number of carbonyl (C=O) groups is 1. The normalized spacial score (nSPS) is 16.9. The maximum atomic E-state index is 10.7. The first-order chi connectivity index (χ1) is 7.81. The average molecular weight is 280 g/mol. The third kappa shape index (κ3) is 5.26. The van der Waals surface area contributed by atoms with E-state index in [1.165, 1.54) is 19.1 Å². The van der Waals surface area contributed by atoms with Gasteiger partial charge < -0.3 is 15.6 Å². The quantitative estimate of drug-likeness (QED) is 0.760. The van der Waals surface area contributed by atoms with Crippen molar-refractivity contribution in [1.82, 2.24) is 0 Å². The molecule has 0 aliphatic rings. The van der Waals surface area contributed by atoms with Gasteiger partial charge in [0.2, 0.25) is 0 Å². The van der Waals surface area contributed by atoms with E-state index >= 15 is 0 Å². The van der Waals surface area contributed by atoms with E-state index in [9.17, 15) is 9.90 Å². The highest BCUT2D eigenvalue weighted by molar-refractivity contribution is 6.44. The molecule has 0 saturated heterocycles. The van der Waals surface area contributed by atoms with E-state index in [0.717, 1.165) is 0 Å². The zero-order chi connectivity index (χ0) is 13.6. The van der Waals surface area contributed by atoms with Gasteiger partial charge in [-0.2, -0.15) is 0 Å². The Labute approximate surface area is 110 Å². The van der Waals surface area contributed by atoms with Gasteiger partial charge in [0.1, 0.15) is 0 Å². The molecule has 0 radical (unpaired) electrons.